The van der Waals surface area contributed by atoms with E-state index in [1.165, 1.54) is 37.8 Å². The topological polar surface area (TPSA) is 46.5 Å². The smallest absolute Gasteiger partial charge is 0.347 e. The first-order valence-corrected chi connectivity index (χ1v) is 7.66. The van der Waals surface area contributed by atoms with Crippen LogP contribution in [0, 0.1) is 17.3 Å². The highest BCUT2D eigenvalue weighted by Crippen LogP contribution is 2.59. The average molecular weight is 282 g/mol. The molecule has 0 aromatic heterocycles. The van der Waals surface area contributed by atoms with E-state index >= 15 is 0 Å². The van der Waals surface area contributed by atoms with E-state index in [0.29, 0.717) is 16.2 Å². The molecule has 4 heteroatoms. The molecule has 0 aliphatic heterocycles. The molecule has 1 fully saturated rings. The molecule has 3 aliphatic carbocycles. The van der Waals surface area contributed by atoms with E-state index in [-0.39, 0.29) is 5.76 Å². The van der Waals surface area contributed by atoms with E-state index in [9.17, 15) is 9.90 Å². The van der Waals surface area contributed by atoms with Crippen LogP contribution in [0.2, 0.25) is 0 Å². The third-order valence-electron chi connectivity index (χ3n) is 4.67. The summed E-state index contributed by atoms with van der Waals surface area (Å²) >= 11 is 1.38. The second kappa shape index (κ2) is 5.23. The lowest BCUT2D eigenvalue weighted by Gasteiger charge is -2.56. The molecule has 106 valence electrons. The molecule has 0 radical (unpaired) electrons. The summed E-state index contributed by atoms with van der Waals surface area (Å²) in [7, 11) is 1.34. The van der Waals surface area contributed by atoms with Gasteiger partial charge in [0.1, 0.15) is 10.7 Å². The lowest BCUT2D eigenvalue weighted by atomic mass is 9.49. The van der Waals surface area contributed by atoms with Crippen molar-refractivity contribution in [3.63, 3.8) is 0 Å². The number of hydrogen-bond acceptors (Lipinski definition) is 4. The second-order valence-electron chi connectivity index (χ2n) is 6.02. The number of aliphatic hydroxyl groups excluding tert-OH is 1. The van der Waals surface area contributed by atoms with Crippen molar-refractivity contribution in [2.45, 2.75) is 33.6 Å². The largest absolute Gasteiger partial charge is 0.511 e. The Kier molecular flexibility index (Phi) is 4.00. The number of allylic oxidation sites excluding steroid dienone is 2. The Labute approximate surface area is 119 Å². The van der Waals surface area contributed by atoms with Crippen LogP contribution >= 0.6 is 11.8 Å². The van der Waals surface area contributed by atoms with Crippen molar-refractivity contribution in [1.82, 2.24) is 0 Å². The van der Waals surface area contributed by atoms with Crippen LogP contribution in [0.3, 0.4) is 0 Å². The SMILES string of the molecule is COC(=O)/C(SCC1=CC[C@H]2C[C@@H]1C2(C)C)=C(/C)O. The highest BCUT2D eigenvalue weighted by molar-refractivity contribution is 8.04. The van der Waals surface area contributed by atoms with Gasteiger partial charge in [-0.2, -0.15) is 0 Å². The Morgan fingerprint density at radius 2 is 2.26 bits per heavy atom. The Balaban J connectivity index is 2.02. The van der Waals surface area contributed by atoms with Gasteiger partial charge in [0, 0.05) is 5.75 Å². The van der Waals surface area contributed by atoms with Gasteiger partial charge in [-0.3, -0.25) is 0 Å². The van der Waals surface area contributed by atoms with Gasteiger partial charge in [0.05, 0.1) is 7.11 Å². The van der Waals surface area contributed by atoms with Crippen LogP contribution in [0.25, 0.3) is 0 Å². The Morgan fingerprint density at radius 1 is 1.58 bits per heavy atom. The molecule has 3 aliphatic rings. The van der Waals surface area contributed by atoms with Crippen LogP contribution in [0.1, 0.15) is 33.6 Å². The summed E-state index contributed by atoms with van der Waals surface area (Å²) in [4.78, 5) is 11.9. The molecule has 1 N–H and O–H groups in total. The maximum absolute atomic E-state index is 11.6. The van der Waals surface area contributed by atoms with Crippen molar-refractivity contribution in [3.8, 4) is 0 Å². The molecule has 0 spiro atoms. The van der Waals surface area contributed by atoms with Crippen molar-refractivity contribution in [1.29, 1.82) is 0 Å². The van der Waals surface area contributed by atoms with E-state index in [1.54, 1.807) is 0 Å². The predicted octanol–water partition coefficient (Wildman–Crippen LogP) is 3.67. The third kappa shape index (κ3) is 2.55. The van der Waals surface area contributed by atoms with Crippen molar-refractivity contribution >= 4 is 17.7 Å². The van der Waals surface area contributed by atoms with Gasteiger partial charge in [-0.15, -0.1) is 11.8 Å². The van der Waals surface area contributed by atoms with Crippen molar-refractivity contribution in [2.75, 3.05) is 12.9 Å². The minimum Gasteiger partial charge on any atom is -0.511 e. The summed E-state index contributed by atoms with van der Waals surface area (Å²) in [6, 6.07) is 0. The number of hydrogen-bond donors (Lipinski definition) is 1. The molecule has 0 aromatic rings. The second-order valence-corrected chi connectivity index (χ2v) is 7.00. The number of esters is 1. The van der Waals surface area contributed by atoms with Crippen LogP contribution in [-0.2, 0) is 9.53 Å². The van der Waals surface area contributed by atoms with Crippen LogP contribution < -0.4 is 0 Å². The third-order valence-corrected chi connectivity index (χ3v) is 5.89. The average Bonchev–Trinajstić information content (AvgIpc) is 2.38. The quantitative estimate of drug-likeness (QED) is 0.370. The molecule has 3 rings (SSSR count). The molecule has 0 heterocycles. The fourth-order valence-electron chi connectivity index (χ4n) is 3.20. The molecule has 0 saturated heterocycles. The van der Waals surface area contributed by atoms with Crippen LogP contribution in [0.4, 0.5) is 0 Å². The first kappa shape index (κ1) is 14.5. The monoisotopic (exact) mass is 282 g/mol. The van der Waals surface area contributed by atoms with Gasteiger partial charge in [-0.25, -0.2) is 4.79 Å². The molecule has 1 saturated carbocycles. The minimum atomic E-state index is -0.452. The number of ether oxygens (including phenoxy) is 1. The minimum absolute atomic E-state index is 0.0407. The van der Waals surface area contributed by atoms with E-state index in [4.69, 9.17) is 4.74 Å². The standard InChI is InChI=1S/C15H22O3S/c1-9(16)13(14(17)18-4)19-8-10-5-6-11-7-12(10)15(11,2)3/h5,11-12,16H,6-8H2,1-4H3/b13-9+/t11-,12-/m0/s1. The summed E-state index contributed by atoms with van der Waals surface area (Å²) in [5.41, 5.74) is 1.81. The van der Waals surface area contributed by atoms with Crippen molar-refractivity contribution < 1.29 is 14.6 Å². The van der Waals surface area contributed by atoms with Crippen LogP contribution in [0.15, 0.2) is 22.3 Å². The summed E-state index contributed by atoms with van der Waals surface area (Å²) in [5, 5.41) is 9.56. The Morgan fingerprint density at radius 3 is 2.74 bits per heavy atom. The number of carbonyl (C=O) groups is 1. The van der Waals surface area contributed by atoms with E-state index in [2.05, 4.69) is 19.9 Å². The molecule has 0 amide bonds. The van der Waals surface area contributed by atoms with Crippen LogP contribution in [0.5, 0.6) is 0 Å². The maximum Gasteiger partial charge on any atom is 0.347 e. The molecule has 0 unspecified atom stereocenters. The fourth-order valence-corrected chi connectivity index (χ4v) is 4.24. The number of carbonyl (C=O) groups excluding carboxylic acids is 1. The Hall–Kier alpha value is -0.900. The maximum atomic E-state index is 11.6. The normalized spacial score (nSPS) is 28.9. The number of rotatable bonds is 4. The van der Waals surface area contributed by atoms with E-state index in [1.807, 2.05) is 0 Å². The lowest BCUT2D eigenvalue weighted by Crippen LogP contribution is -2.48. The molecular formula is C15H22O3S. The molecule has 2 atom stereocenters. The predicted molar refractivity (Wildman–Crippen MR) is 77.9 cm³/mol. The number of aliphatic hydroxyl groups is 1. The van der Waals surface area contributed by atoms with Gasteiger partial charge in [0.25, 0.3) is 0 Å². The van der Waals surface area contributed by atoms with Gasteiger partial charge in [-0.05, 0) is 37.0 Å². The van der Waals surface area contributed by atoms with Gasteiger partial charge in [-0.1, -0.05) is 25.5 Å². The molecule has 19 heavy (non-hydrogen) atoms. The van der Waals surface area contributed by atoms with Crippen molar-refractivity contribution in [3.05, 3.63) is 22.3 Å². The highest BCUT2D eigenvalue weighted by atomic mass is 32.2. The zero-order chi connectivity index (χ0) is 14.2. The van der Waals surface area contributed by atoms with Crippen molar-refractivity contribution in [2.24, 2.45) is 17.3 Å². The van der Waals surface area contributed by atoms with E-state index in [0.717, 1.165) is 18.1 Å². The number of methoxy groups -OCH3 is 1. The summed E-state index contributed by atoms with van der Waals surface area (Å²) in [6.45, 7) is 6.19. The zero-order valence-electron chi connectivity index (χ0n) is 12.0. The van der Waals surface area contributed by atoms with Crippen LogP contribution in [-0.4, -0.2) is 23.9 Å². The summed E-state index contributed by atoms with van der Waals surface area (Å²) in [5.74, 6) is 1.81. The molecule has 3 nitrogen and oxygen atoms in total. The molecule has 0 aromatic carbocycles. The Bertz CT molecular complexity index is 444. The van der Waals surface area contributed by atoms with Gasteiger partial charge in [0.15, 0.2) is 0 Å². The zero-order valence-corrected chi connectivity index (χ0v) is 12.8. The fraction of sp³-hybridized carbons (Fsp3) is 0.667. The molecule has 2 bridgehead atoms. The first-order chi connectivity index (χ1) is 8.87. The van der Waals surface area contributed by atoms with Gasteiger partial charge in [0.2, 0.25) is 0 Å². The lowest BCUT2D eigenvalue weighted by molar-refractivity contribution is -0.135. The van der Waals surface area contributed by atoms with Gasteiger partial charge < -0.3 is 9.84 Å². The number of thioether (sulfide) groups is 1. The molecular weight excluding hydrogens is 260 g/mol. The number of fused-ring (bicyclic) bond motifs is 1. The first-order valence-electron chi connectivity index (χ1n) is 6.67. The van der Waals surface area contributed by atoms with Gasteiger partial charge >= 0.3 is 5.97 Å². The summed E-state index contributed by atoms with van der Waals surface area (Å²) < 4.78 is 4.69. The summed E-state index contributed by atoms with van der Waals surface area (Å²) in [6.07, 6.45) is 4.74. The highest BCUT2D eigenvalue weighted by Gasteiger charge is 2.50. The van der Waals surface area contributed by atoms with E-state index < -0.39 is 5.97 Å².